The van der Waals surface area contributed by atoms with Crippen LogP contribution in [0.5, 0.6) is 0 Å². The molecule has 0 aliphatic carbocycles. The molecule has 0 saturated carbocycles. The second-order valence-corrected chi connectivity index (χ2v) is 4.29. The van der Waals surface area contributed by atoms with Gasteiger partial charge in [-0.3, -0.25) is 0 Å². The van der Waals surface area contributed by atoms with Crippen molar-refractivity contribution in [1.82, 2.24) is 10.1 Å². The molecule has 1 aromatic heterocycles. The van der Waals surface area contributed by atoms with Crippen LogP contribution in [0.2, 0.25) is 0 Å². The van der Waals surface area contributed by atoms with Crippen molar-refractivity contribution in [1.29, 1.82) is 0 Å². The summed E-state index contributed by atoms with van der Waals surface area (Å²) in [5.41, 5.74) is 0. The van der Waals surface area contributed by atoms with Crippen molar-refractivity contribution >= 4 is 11.8 Å². The van der Waals surface area contributed by atoms with Gasteiger partial charge in [-0.1, -0.05) is 5.16 Å². The number of rotatable bonds is 3. The summed E-state index contributed by atoms with van der Waals surface area (Å²) in [6, 6.07) is 0. The molecule has 0 spiro atoms. The highest BCUT2D eigenvalue weighted by Gasteiger charge is 2.23. The number of hydrogen-bond donors (Lipinski definition) is 0. The first-order chi connectivity index (χ1) is 6.40. The fourth-order valence-corrected chi connectivity index (χ4v) is 2.55. The van der Waals surface area contributed by atoms with Crippen LogP contribution in [0.3, 0.4) is 0 Å². The van der Waals surface area contributed by atoms with Gasteiger partial charge in [0.15, 0.2) is 5.82 Å². The van der Waals surface area contributed by atoms with Crippen LogP contribution < -0.4 is 0 Å². The van der Waals surface area contributed by atoms with E-state index in [4.69, 9.17) is 9.26 Å². The van der Waals surface area contributed by atoms with E-state index in [1.165, 1.54) is 12.2 Å². The van der Waals surface area contributed by atoms with Gasteiger partial charge < -0.3 is 9.26 Å². The van der Waals surface area contributed by atoms with Gasteiger partial charge in [0.1, 0.15) is 6.61 Å². The lowest BCUT2D eigenvalue weighted by Crippen LogP contribution is -1.92. The van der Waals surface area contributed by atoms with Gasteiger partial charge in [-0.25, -0.2) is 0 Å². The van der Waals surface area contributed by atoms with Crippen LogP contribution in [-0.2, 0) is 11.3 Å². The minimum absolute atomic E-state index is 0.415. The summed E-state index contributed by atoms with van der Waals surface area (Å²) < 4.78 is 10.1. The Balaban J connectivity index is 2.03. The van der Waals surface area contributed by atoms with E-state index < -0.39 is 0 Å². The third-order valence-electron chi connectivity index (χ3n) is 1.96. The minimum Gasteiger partial charge on any atom is -0.377 e. The second kappa shape index (κ2) is 4.11. The van der Waals surface area contributed by atoms with Gasteiger partial charge in [0.05, 0.1) is 5.25 Å². The highest BCUT2D eigenvalue weighted by molar-refractivity contribution is 7.99. The van der Waals surface area contributed by atoms with Crippen molar-refractivity contribution in [3.63, 3.8) is 0 Å². The summed E-state index contributed by atoms with van der Waals surface area (Å²) in [4.78, 5) is 4.26. The molecule has 4 nitrogen and oxygen atoms in total. The molecule has 13 heavy (non-hydrogen) atoms. The van der Waals surface area contributed by atoms with E-state index in [1.54, 1.807) is 7.11 Å². The second-order valence-electron chi connectivity index (χ2n) is 2.98. The number of nitrogens with zero attached hydrogens (tertiary/aromatic N) is 2. The lowest BCUT2D eigenvalue weighted by molar-refractivity contribution is 0.174. The van der Waals surface area contributed by atoms with Crippen molar-refractivity contribution in [3.8, 4) is 0 Å². The minimum atomic E-state index is 0.415. The number of ether oxygens (including phenoxy) is 1. The van der Waals surface area contributed by atoms with Gasteiger partial charge in [-0.05, 0) is 18.6 Å². The molecule has 1 saturated heterocycles. The molecule has 1 fully saturated rings. The van der Waals surface area contributed by atoms with Crippen LogP contribution in [0.15, 0.2) is 4.52 Å². The molecule has 1 aliphatic heterocycles. The maximum Gasteiger partial charge on any atom is 0.239 e. The number of hydrogen-bond acceptors (Lipinski definition) is 5. The maximum atomic E-state index is 5.14. The monoisotopic (exact) mass is 200 g/mol. The number of methoxy groups -OCH3 is 1. The first-order valence-electron chi connectivity index (χ1n) is 4.33. The van der Waals surface area contributed by atoms with Crippen LogP contribution >= 0.6 is 11.8 Å². The Hall–Kier alpha value is -0.550. The topological polar surface area (TPSA) is 48.2 Å². The quantitative estimate of drug-likeness (QED) is 0.744. The summed E-state index contributed by atoms with van der Waals surface area (Å²) in [5, 5.41) is 4.24. The maximum absolute atomic E-state index is 5.14. The molecule has 0 aromatic carbocycles. The van der Waals surface area contributed by atoms with E-state index in [-0.39, 0.29) is 0 Å². The molecule has 1 unspecified atom stereocenters. The lowest BCUT2D eigenvalue weighted by Gasteiger charge is -1.98. The molecule has 1 aliphatic rings. The fraction of sp³-hybridized carbons (Fsp3) is 0.750. The lowest BCUT2D eigenvalue weighted by atomic mass is 10.2. The standard InChI is InChI=1S/C8H12N2O2S/c1-11-5-7-9-8(12-10-7)6-3-2-4-13-6/h6H,2-5H2,1H3. The molecule has 72 valence electrons. The third-order valence-corrected chi connectivity index (χ3v) is 3.33. The Kier molecular flexibility index (Phi) is 2.85. The molecule has 0 amide bonds. The number of aromatic nitrogens is 2. The summed E-state index contributed by atoms with van der Waals surface area (Å²) in [5.74, 6) is 2.60. The van der Waals surface area contributed by atoms with Crippen LogP contribution in [-0.4, -0.2) is 23.0 Å². The van der Waals surface area contributed by atoms with Crippen molar-refractivity contribution in [2.45, 2.75) is 24.7 Å². The average Bonchev–Trinajstić information content (AvgIpc) is 2.70. The van der Waals surface area contributed by atoms with Crippen molar-refractivity contribution in [3.05, 3.63) is 11.7 Å². The predicted molar refractivity (Wildman–Crippen MR) is 49.4 cm³/mol. The van der Waals surface area contributed by atoms with Gasteiger partial charge in [0.25, 0.3) is 0 Å². The Bertz CT molecular complexity index is 271. The van der Waals surface area contributed by atoms with Crippen LogP contribution in [0.4, 0.5) is 0 Å². The molecule has 2 rings (SSSR count). The van der Waals surface area contributed by atoms with Crippen molar-refractivity contribution in [2.75, 3.05) is 12.9 Å². The highest BCUT2D eigenvalue weighted by Crippen LogP contribution is 2.38. The summed E-state index contributed by atoms with van der Waals surface area (Å²) in [6.07, 6.45) is 2.40. The van der Waals surface area contributed by atoms with Crippen molar-refractivity contribution < 1.29 is 9.26 Å². The fourth-order valence-electron chi connectivity index (χ4n) is 1.36. The molecule has 5 heteroatoms. The summed E-state index contributed by atoms with van der Waals surface area (Å²) >= 11 is 1.89. The molecular formula is C8H12N2O2S. The third kappa shape index (κ3) is 2.03. The molecule has 0 bridgehead atoms. The van der Waals surface area contributed by atoms with Gasteiger partial charge >= 0.3 is 0 Å². The smallest absolute Gasteiger partial charge is 0.239 e. The Morgan fingerprint density at radius 3 is 3.31 bits per heavy atom. The molecule has 0 radical (unpaired) electrons. The summed E-state index contributed by atoms with van der Waals surface area (Å²) in [7, 11) is 1.63. The SMILES string of the molecule is COCc1noc(C2CCCS2)n1. The summed E-state index contributed by atoms with van der Waals surface area (Å²) in [6.45, 7) is 0.431. The van der Waals surface area contributed by atoms with E-state index in [0.29, 0.717) is 17.7 Å². The zero-order valence-corrected chi connectivity index (χ0v) is 8.34. The highest BCUT2D eigenvalue weighted by atomic mass is 32.2. The first kappa shape index (κ1) is 9.02. The van der Waals surface area contributed by atoms with Gasteiger partial charge in [0.2, 0.25) is 5.89 Å². The first-order valence-corrected chi connectivity index (χ1v) is 5.38. The van der Waals surface area contributed by atoms with E-state index >= 15 is 0 Å². The Labute approximate surface area is 81.0 Å². The largest absolute Gasteiger partial charge is 0.377 e. The Morgan fingerprint density at radius 2 is 2.62 bits per heavy atom. The average molecular weight is 200 g/mol. The normalized spacial score (nSPS) is 22.4. The van der Waals surface area contributed by atoms with Crippen molar-refractivity contribution in [2.24, 2.45) is 0 Å². The van der Waals surface area contributed by atoms with E-state index in [2.05, 4.69) is 10.1 Å². The zero-order valence-electron chi connectivity index (χ0n) is 7.52. The molecule has 1 atom stereocenters. The van der Waals surface area contributed by atoms with Crippen LogP contribution in [0.25, 0.3) is 0 Å². The molecule has 0 N–H and O–H groups in total. The van der Waals surface area contributed by atoms with E-state index in [0.717, 1.165) is 12.3 Å². The Morgan fingerprint density at radius 1 is 1.69 bits per heavy atom. The number of thioether (sulfide) groups is 1. The molecule has 1 aromatic rings. The van der Waals surface area contributed by atoms with Gasteiger partial charge in [-0.15, -0.1) is 11.8 Å². The predicted octanol–water partition coefficient (Wildman–Crippen LogP) is 1.78. The van der Waals surface area contributed by atoms with Crippen LogP contribution in [0, 0.1) is 0 Å². The molecule has 2 heterocycles. The van der Waals surface area contributed by atoms with Gasteiger partial charge in [-0.2, -0.15) is 4.98 Å². The zero-order chi connectivity index (χ0) is 9.10. The molecular weight excluding hydrogens is 188 g/mol. The van der Waals surface area contributed by atoms with Crippen LogP contribution in [0.1, 0.15) is 29.8 Å². The van der Waals surface area contributed by atoms with E-state index in [9.17, 15) is 0 Å². The van der Waals surface area contributed by atoms with Gasteiger partial charge in [0, 0.05) is 7.11 Å². The van der Waals surface area contributed by atoms with E-state index in [1.807, 2.05) is 11.8 Å².